The van der Waals surface area contributed by atoms with Gasteiger partial charge in [0, 0.05) is 25.8 Å². The van der Waals surface area contributed by atoms with Crippen LogP contribution >= 0.6 is 0 Å². The lowest BCUT2D eigenvalue weighted by Gasteiger charge is -2.25. The number of carboxylic acids is 1. The highest BCUT2D eigenvalue weighted by atomic mass is 16.4. The number of aromatic nitrogens is 1. The normalized spacial score (nSPS) is 15.6. The van der Waals surface area contributed by atoms with E-state index in [-0.39, 0.29) is 0 Å². The Hall–Kier alpha value is -1.62. The fourth-order valence-electron chi connectivity index (χ4n) is 2.79. The molecular formula is C15H23N3O2. The van der Waals surface area contributed by atoms with Gasteiger partial charge in [-0.15, -0.1) is 0 Å². The van der Waals surface area contributed by atoms with Crippen LogP contribution in [0.1, 0.15) is 34.6 Å². The quantitative estimate of drug-likeness (QED) is 0.891. The zero-order valence-corrected chi connectivity index (χ0v) is 12.5. The first kappa shape index (κ1) is 14.8. The van der Waals surface area contributed by atoms with E-state index in [1.165, 1.54) is 12.8 Å². The van der Waals surface area contributed by atoms with Gasteiger partial charge in [-0.05, 0) is 45.8 Å². The predicted molar refractivity (Wildman–Crippen MR) is 79.6 cm³/mol. The van der Waals surface area contributed by atoms with Gasteiger partial charge in [0.2, 0.25) is 0 Å². The van der Waals surface area contributed by atoms with Crippen molar-refractivity contribution in [2.24, 2.45) is 0 Å². The molecule has 0 bridgehead atoms. The highest BCUT2D eigenvalue weighted by Gasteiger charge is 2.19. The van der Waals surface area contributed by atoms with Crippen molar-refractivity contribution in [2.45, 2.75) is 26.7 Å². The number of likely N-dealkylation sites (N-methyl/N-ethyl adjacent to an activating group) is 1. The number of anilines is 1. The summed E-state index contributed by atoms with van der Waals surface area (Å²) in [5.74, 6) is -0.905. The molecule has 0 unspecified atom stereocenters. The molecule has 1 aromatic heterocycles. The molecule has 5 heteroatoms. The summed E-state index contributed by atoms with van der Waals surface area (Å²) in [6.45, 7) is 7.80. The first-order valence-electron chi connectivity index (χ1n) is 7.14. The lowest BCUT2D eigenvalue weighted by Crippen LogP contribution is -2.32. The number of aromatic carboxylic acids is 1. The second kappa shape index (κ2) is 6.22. The van der Waals surface area contributed by atoms with Crippen LogP contribution in [0.5, 0.6) is 0 Å². The molecule has 1 aromatic rings. The van der Waals surface area contributed by atoms with Crippen molar-refractivity contribution in [2.75, 3.05) is 38.1 Å². The van der Waals surface area contributed by atoms with Crippen molar-refractivity contribution in [1.82, 2.24) is 9.88 Å². The molecule has 2 rings (SSSR count). The number of rotatable bonds is 5. The second-order valence-electron chi connectivity index (χ2n) is 5.52. The summed E-state index contributed by atoms with van der Waals surface area (Å²) in [5, 5.41) is 9.39. The van der Waals surface area contributed by atoms with E-state index >= 15 is 0 Å². The number of carbonyl (C=O) groups is 1. The van der Waals surface area contributed by atoms with Gasteiger partial charge in [-0.3, -0.25) is 4.98 Å². The molecule has 0 amide bonds. The number of aryl methyl sites for hydroxylation is 2. The summed E-state index contributed by atoms with van der Waals surface area (Å²) >= 11 is 0. The Labute approximate surface area is 120 Å². The average Bonchev–Trinajstić information content (AvgIpc) is 2.87. The smallest absolute Gasteiger partial charge is 0.339 e. The van der Waals surface area contributed by atoms with E-state index in [0.717, 1.165) is 37.6 Å². The van der Waals surface area contributed by atoms with Gasteiger partial charge in [0.1, 0.15) is 5.56 Å². The number of pyridine rings is 1. The number of likely N-dealkylation sites (tertiary alicyclic amines) is 1. The highest BCUT2D eigenvalue weighted by molar-refractivity contribution is 5.95. The average molecular weight is 277 g/mol. The van der Waals surface area contributed by atoms with Crippen molar-refractivity contribution in [3.63, 3.8) is 0 Å². The summed E-state index contributed by atoms with van der Waals surface area (Å²) in [6.07, 6.45) is 2.55. The fraction of sp³-hybridized carbons (Fsp3) is 0.600. The van der Waals surface area contributed by atoms with Gasteiger partial charge in [0.15, 0.2) is 0 Å². The minimum absolute atomic E-state index is 0.319. The largest absolute Gasteiger partial charge is 0.478 e. The lowest BCUT2D eigenvalue weighted by molar-refractivity contribution is 0.0696. The van der Waals surface area contributed by atoms with E-state index < -0.39 is 5.97 Å². The van der Waals surface area contributed by atoms with Gasteiger partial charge >= 0.3 is 5.97 Å². The third kappa shape index (κ3) is 3.28. The van der Waals surface area contributed by atoms with E-state index in [0.29, 0.717) is 11.3 Å². The Morgan fingerprint density at radius 2 is 2.05 bits per heavy atom. The summed E-state index contributed by atoms with van der Waals surface area (Å²) in [7, 11) is 1.96. The van der Waals surface area contributed by atoms with Crippen molar-refractivity contribution in [1.29, 1.82) is 0 Å². The van der Waals surface area contributed by atoms with Crippen LogP contribution in [0.2, 0.25) is 0 Å². The third-order valence-electron chi connectivity index (χ3n) is 3.88. The molecule has 1 N–H and O–H groups in total. The fourth-order valence-corrected chi connectivity index (χ4v) is 2.79. The molecule has 1 saturated heterocycles. The molecule has 2 heterocycles. The zero-order valence-electron chi connectivity index (χ0n) is 12.5. The van der Waals surface area contributed by atoms with Crippen LogP contribution in [-0.4, -0.2) is 54.2 Å². The number of nitrogens with zero attached hydrogens (tertiary/aromatic N) is 3. The molecule has 1 aliphatic heterocycles. The molecule has 1 fully saturated rings. The van der Waals surface area contributed by atoms with E-state index in [4.69, 9.17) is 0 Å². The standard InChI is InChI=1S/C15H23N3O2/c1-11-10-13(14(15(19)20)12(2)16-11)17(3)8-9-18-6-4-5-7-18/h10H,4-9H2,1-3H3,(H,19,20). The molecule has 0 radical (unpaired) electrons. The van der Waals surface area contributed by atoms with Crippen LogP contribution in [0, 0.1) is 13.8 Å². The lowest BCUT2D eigenvalue weighted by atomic mass is 10.1. The molecule has 0 saturated carbocycles. The highest BCUT2D eigenvalue weighted by Crippen LogP contribution is 2.23. The predicted octanol–water partition coefficient (Wildman–Crippen LogP) is 1.93. The Morgan fingerprint density at radius 1 is 1.40 bits per heavy atom. The third-order valence-corrected chi connectivity index (χ3v) is 3.88. The van der Waals surface area contributed by atoms with Crippen LogP contribution in [0.15, 0.2) is 6.07 Å². The minimum Gasteiger partial charge on any atom is -0.478 e. The number of carboxylic acid groups (broad SMARTS) is 1. The summed E-state index contributed by atoms with van der Waals surface area (Å²) < 4.78 is 0. The van der Waals surface area contributed by atoms with E-state index in [2.05, 4.69) is 9.88 Å². The number of hydrogen-bond acceptors (Lipinski definition) is 4. The maximum atomic E-state index is 11.4. The van der Waals surface area contributed by atoms with Gasteiger partial charge < -0.3 is 14.9 Å². The van der Waals surface area contributed by atoms with Crippen LogP contribution in [0.25, 0.3) is 0 Å². The molecule has 0 aromatic carbocycles. The molecule has 1 aliphatic rings. The first-order chi connectivity index (χ1) is 9.49. The van der Waals surface area contributed by atoms with Crippen LogP contribution < -0.4 is 4.90 Å². The number of hydrogen-bond donors (Lipinski definition) is 1. The minimum atomic E-state index is -0.905. The van der Waals surface area contributed by atoms with Crippen LogP contribution in [0.3, 0.4) is 0 Å². The molecule has 5 nitrogen and oxygen atoms in total. The summed E-state index contributed by atoms with van der Waals surface area (Å²) in [6, 6.07) is 1.86. The maximum absolute atomic E-state index is 11.4. The molecule has 0 atom stereocenters. The Bertz CT molecular complexity index is 496. The molecule has 0 aliphatic carbocycles. The molecule has 0 spiro atoms. The monoisotopic (exact) mass is 277 g/mol. The van der Waals surface area contributed by atoms with E-state index in [1.54, 1.807) is 6.92 Å². The Balaban J connectivity index is 2.15. The SMILES string of the molecule is Cc1cc(N(C)CCN2CCCC2)c(C(=O)O)c(C)n1. The van der Waals surface area contributed by atoms with Gasteiger partial charge in [0.25, 0.3) is 0 Å². The summed E-state index contributed by atoms with van der Waals surface area (Å²) in [5.41, 5.74) is 2.53. The Kier molecular flexibility index (Phi) is 4.60. The van der Waals surface area contributed by atoms with Crippen molar-refractivity contribution >= 4 is 11.7 Å². The Morgan fingerprint density at radius 3 is 2.65 bits per heavy atom. The van der Waals surface area contributed by atoms with Crippen molar-refractivity contribution in [3.8, 4) is 0 Å². The van der Waals surface area contributed by atoms with Gasteiger partial charge in [-0.1, -0.05) is 0 Å². The zero-order chi connectivity index (χ0) is 14.7. The molecular weight excluding hydrogens is 254 g/mol. The maximum Gasteiger partial charge on any atom is 0.339 e. The van der Waals surface area contributed by atoms with Crippen molar-refractivity contribution < 1.29 is 9.90 Å². The van der Waals surface area contributed by atoms with Crippen LogP contribution in [-0.2, 0) is 0 Å². The molecule has 110 valence electrons. The topological polar surface area (TPSA) is 56.7 Å². The van der Waals surface area contributed by atoms with Gasteiger partial charge in [-0.2, -0.15) is 0 Å². The van der Waals surface area contributed by atoms with Crippen molar-refractivity contribution in [3.05, 3.63) is 23.0 Å². The summed E-state index contributed by atoms with van der Waals surface area (Å²) in [4.78, 5) is 20.2. The van der Waals surface area contributed by atoms with E-state index in [1.807, 2.05) is 24.9 Å². The van der Waals surface area contributed by atoms with Gasteiger partial charge in [0.05, 0.1) is 11.4 Å². The van der Waals surface area contributed by atoms with E-state index in [9.17, 15) is 9.90 Å². The first-order valence-corrected chi connectivity index (χ1v) is 7.14. The van der Waals surface area contributed by atoms with Crippen LogP contribution in [0.4, 0.5) is 5.69 Å². The second-order valence-corrected chi connectivity index (χ2v) is 5.52. The van der Waals surface area contributed by atoms with Gasteiger partial charge in [-0.25, -0.2) is 4.79 Å². The molecule has 20 heavy (non-hydrogen) atoms.